The summed E-state index contributed by atoms with van der Waals surface area (Å²) in [6, 6.07) is 11.5. The Hall–Kier alpha value is -4.08. The third-order valence-electron chi connectivity index (χ3n) is 3.91. The third-order valence-corrected chi connectivity index (χ3v) is 3.91. The molecule has 0 aromatic heterocycles. The van der Waals surface area contributed by atoms with Gasteiger partial charge in [-0.2, -0.15) is 5.10 Å². The summed E-state index contributed by atoms with van der Waals surface area (Å²) < 4.78 is 20.1. The lowest BCUT2D eigenvalue weighted by Gasteiger charge is -2.05. The fourth-order valence-electron chi connectivity index (χ4n) is 2.37. The Labute approximate surface area is 171 Å². The summed E-state index contributed by atoms with van der Waals surface area (Å²) in [6.45, 7) is -0.313. The minimum Gasteiger partial charge on any atom is -0.482 e. The van der Waals surface area contributed by atoms with Crippen molar-refractivity contribution in [2.75, 3.05) is 27.1 Å². The molecule has 0 saturated carbocycles. The Kier molecular flexibility index (Phi) is 6.83. The van der Waals surface area contributed by atoms with Crippen molar-refractivity contribution in [3.63, 3.8) is 0 Å². The summed E-state index contributed by atoms with van der Waals surface area (Å²) in [5.74, 6) is 0.162. The van der Waals surface area contributed by atoms with Gasteiger partial charge in [-0.1, -0.05) is 0 Å². The third kappa shape index (κ3) is 5.71. The summed E-state index contributed by atoms with van der Waals surface area (Å²) in [5.41, 5.74) is 3.37. The molecule has 0 spiro atoms. The predicted molar refractivity (Wildman–Crippen MR) is 105 cm³/mol. The molecule has 1 aliphatic heterocycles. The molecule has 0 radical (unpaired) electrons. The smallest absolute Gasteiger partial charge is 0.343 e. The van der Waals surface area contributed by atoms with Crippen LogP contribution in [0.5, 0.6) is 17.2 Å². The van der Waals surface area contributed by atoms with Crippen LogP contribution >= 0.6 is 0 Å². The number of benzene rings is 2. The van der Waals surface area contributed by atoms with Crippen LogP contribution in [0.15, 0.2) is 47.6 Å². The Balaban J connectivity index is 1.41. The maximum Gasteiger partial charge on any atom is 0.343 e. The van der Waals surface area contributed by atoms with Gasteiger partial charge in [0.2, 0.25) is 6.79 Å². The average molecular weight is 413 g/mol. The fourth-order valence-corrected chi connectivity index (χ4v) is 2.37. The van der Waals surface area contributed by atoms with Crippen LogP contribution in [0.25, 0.3) is 0 Å². The summed E-state index contributed by atoms with van der Waals surface area (Å²) in [6.07, 6.45) is 1.43. The van der Waals surface area contributed by atoms with Gasteiger partial charge >= 0.3 is 5.97 Å². The van der Waals surface area contributed by atoms with Crippen LogP contribution in [0.3, 0.4) is 0 Å². The zero-order chi connectivity index (χ0) is 21.3. The summed E-state index contributed by atoms with van der Waals surface area (Å²) in [7, 11) is 1.28. The van der Waals surface area contributed by atoms with Crippen molar-refractivity contribution >= 4 is 24.0 Å². The molecule has 10 nitrogen and oxygen atoms in total. The maximum atomic E-state index is 12.1. The van der Waals surface area contributed by atoms with Crippen molar-refractivity contribution < 1.29 is 33.3 Å². The topological polar surface area (TPSA) is 125 Å². The largest absolute Gasteiger partial charge is 0.482 e. The molecule has 0 atom stereocenters. The van der Waals surface area contributed by atoms with E-state index in [1.54, 1.807) is 42.5 Å². The second-order valence-electron chi connectivity index (χ2n) is 5.98. The van der Waals surface area contributed by atoms with Gasteiger partial charge in [0, 0.05) is 5.56 Å². The summed E-state index contributed by atoms with van der Waals surface area (Å²) in [5, 5.41) is 6.33. The van der Waals surface area contributed by atoms with Crippen LogP contribution in [0.4, 0.5) is 0 Å². The average Bonchev–Trinajstić information content (AvgIpc) is 3.24. The second-order valence-corrected chi connectivity index (χ2v) is 5.98. The molecule has 2 aromatic carbocycles. The standard InChI is InChI=1S/C20H19N3O7/c1-27-19(25)11-28-15-5-2-13(3-6-15)9-22-23-18(24)10-21-20(26)14-4-7-16-17(8-14)30-12-29-16/h2-9H,10-12H2,1H3,(H,21,26)(H,23,24)/b22-9-. The number of hydrogen-bond donors (Lipinski definition) is 2. The molecule has 10 heteroatoms. The Morgan fingerprint density at radius 3 is 2.63 bits per heavy atom. The highest BCUT2D eigenvalue weighted by Crippen LogP contribution is 2.32. The van der Waals surface area contributed by atoms with Crippen LogP contribution in [0.2, 0.25) is 0 Å². The van der Waals surface area contributed by atoms with Crippen LogP contribution in [-0.2, 0) is 14.3 Å². The van der Waals surface area contributed by atoms with E-state index in [9.17, 15) is 14.4 Å². The molecule has 3 rings (SSSR count). The van der Waals surface area contributed by atoms with Gasteiger partial charge in [0.05, 0.1) is 19.9 Å². The van der Waals surface area contributed by atoms with E-state index in [1.165, 1.54) is 13.3 Å². The van der Waals surface area contributed by atoms with Crippen LogP contribution < -0.4 is 25.0 Å². The molecule has 156 valence electrons. The highest BCUT2D eigenvalue weighted by atomic mass is 16.7. The van der Waals surface area contributed by atoms with E-state index >= 15 is 0 Å². The number of fused-ring (bicyclic) bond motifs is 1. The van der Waals surface area contributed by atoms with Gasteiger partial charge in [0.25, 0.3) is 11.8 Å². The summed E-state index contributed by atoms with van der Waals surface area (Å²) in [4.78, 5) is 35.0. The molecule has 0 saturated heterocycles. The number of nitrogens with zero attached hydrogens (tertiary/aromatic N) is 1. The van der Waals surface area contributed by atoms with Gasteiger partial charge in [-0.15, -0.1) is 0 Å². The normalized spacial score (nSPS) is 11.8. The Morgan fingerprint density at radius 2 is 1.87 bits per heavy atom. The van der Waals surface area contributed by atoms with Crippen LogP contribution in [0, 0.1) is 0 Å². The number of carbonyl (C=O) groups is 3. The van der Waals surface area contributed by atoms with Crippen molar-refractivity contribution in [1.29, 1.82) is 0 Å². The SMILES string of the molecule is COC(=O)COc1ccc(/C=N\NC(=O)CNC(=O)c2ccc3c(c2)OCO3)cc1. The number of amides is 2. The first-order valence-corrected chi connectivity index (χ1v) is 8.84. The first-order chi connectivity index (χ1) is 14.5. The van der Waals surface area contributed by atoms with E-state index < -0.39 is 17.8 Å². The molecule has 30 heavy (non-hydrogen) atoms. The van der Waals surface area contributed by atoms with Gasteiger partial charge in [-0.25, -0.2) is 10.2 Å². The fraction of sp³-hybridized carbons (Fsp3) is 0.200. The number of hydrazone groups is 1. The molecule has 0 fully saturated rings. The second kappa shape index (κ2) is 9.92. The lowest BCUT2D eigenvalue weighted by Crippen LogP contribution is -2.34. The minimum absolute atomic E-state index is 0.115. The van der Waals surface area contributed by atoms with Crippen molar-refractivity contribution in [1.82, 2.24) is 10.7 Å². The molecule has 1 aliphatic rings. The molecule has 1 heterocycles. The minimum atomic E-state index is -0.488. The van der Waals surface area contributed by atoms with Gasteiger partial charge in [-0.05, 0) is 48.0 Å². The van der Waals surface area contributed by atoms with Crippen molar-refractivity contribution in [2.45, 2.75) is 0 Å². The van der Waals surface area contributed by atoms with Gasteiger partial charge < -0.3 is 24.3 Å². The molecule has 0 unspecified atom stereocenters. The van der Waals surface area contributed by atoms with E-state index in [-0.39, 0.29) is 19.9 Å². The van der Waals surface area contributed by atoms with E-state index in [0.29, 0.717) is 28.4 Å². The summed E-state index contributed by atoms with van der Waals surface area (Å²) >= 11 is 0. The number of carbonyl (C=O) groups excluding carboxylic acids is 3. The van der Waals surface area contributed by atoms with E-state index in [4.69, 9.17) is 14.2 Å². The number of rotatable bonds is 8. The first kappa shape index (κ1) is 20.6. The molecular weight excluding hydrogens is 394 g/mol. The van der Waals surface area contributed by atoms with E-state index in [1.807, 2.05) is 0 Å². The van der Waals surface area contributed by atoms with Crippen molar-refractivity contribution in [3.05, 3.63) is 53.6 Å². The molecule has 2 N–H and O–H groups in total. The lowest BCUT2D eigenvalue weighted by atomic mass is 10.2. The quantitative estimate of drug-likeness (QED) is 0.373. The number of esters is 1. The molecular formula is C20H19N3O7. The molecule has 2 aromatic rings. The molecule has 0 aliphatic carbocycles. The van der Waals surface area contributed by atoms with E-state index in [2.05, 4.69) is 20.6 Å². The van der Waals surface area contributed by atoms with E-state index in [0.717, 1.165) is 0 Å². The van der Waals surface area contributed by atoms with Crippen molar-refractivity contribution in [3.8, 4) is 17.2 Å². The predicted octanol–water partition coefficient (Wildman–Crippen LogP) is 0.847. The number of nitrogens with one attached hydrogen (secondary N) is 2. The van der Waals surface area contributed by atoms with Crippen LogP contribution in [-0.4, -0.2) is 51.1 Å². The van der Waals surface area contributed by atoms with Gasteiger partial charge in [0.1, 0.15) is 5.75 Å². The Bertz CT molecular complexity index is 957. The highest BCUT2D eigenvalue weighted by Gasteiger charge is 2.16. The highest BCUT2D eigenvalue weighted by molar-refractivity contribution is 5.97. The number of ether oxygens (including phenoxy) is 4. The van der Waals surface area contributed by atoms with Crippen LogP contribution in [0.1, 0.15) is 15.9 Å². The van der Waals surface area contributed by atoms with Crippen molar-refractivity contribution in [2.24, 2.45) is 5.10 Å². The molecule has 2 amide bonds. The Morgan fingerprint density at radius 1 is 1.10 bits per heavy atom. The monoisotopic (exact) mass is 413 g/mol. The van der Waals surface area contributed by atoms with Gasteiger partial charge in [-0.3, -0.25) is 9.59 Å². The van der Waals surface area contributed by atoms with Gasteiger partial charge in [0.15, 0.2) is 18.1 Å². The number of methoxy groups -OCH3 is 1. The maximum absolute atomic E-state index is 12.1. The zero-order valence-corrected chi connectivity index (χ0v) is 16.0. The lowest BCUT2D eigenvalue weighted by molar-refractivity contribution is -0.142. The zero-order valence-electron chi connectivity index (χ0n) is 16.0. The number of hydrogen-bond acceptors (Lipinski definition) is 8. The molecule has 0 bridgehead atoms. The first-order valence-electron chi connectivity index (χ1n) is 8.84.